The van der Waals surface area contributed by atoms with Crippen LogP contribution in [0.3, 0.4) is 0 Å². The lowest BCUT2D eigenvalue weighted by Crippen LogP contribution is -2.33. The molecule has 1 aliphatic rings. The summed E-state index contributed by atoms with van der Waals surface area (Å²) in [6, 6.07) is 0. The smallest absolute Gasteiger partial charge is 0.137 e. The Labute approximate surface area is 95.3 Å². The molecule has 0 unspecified atom stereocenters. The highest BCUT2D eigenvalue weighted by atomic mass is 35.5. The van der Waals surface area contributed by atoms with Crippen molar-refractivity contribution in [3.8, 4) is 0 Å². The van der Waals surface area contributed by atoms with Crippen LogP contribution in [0.2, 0.25) is 5.15 Å². The molecule has 1 N–H and O–H groups in total. The number of hydrogen-bond acceptors (Lipinski definition) is 3. The Balaban J connectivity index is 2.01. The lowest BCUT2D eigenvalue weighted by molar-refractivity contribution is 0.180. The van der Waals surface area contributed by atoms with Gasteiger partial charge in [0.1, 0.15) is 17.3 Å². The first-order valence-corrected chi connectivity index (χ1v) is 5.69. The summed E-state index contributed by atoms with van der Waals surface area (Å²) in [5.41, 5.74) is 1.38. The summed E-state index contributed by atoms with van der Waals surface area (Å²) < 4.78 is 0. The quantitative estimate of drug-likeness (QED) is 0.804. The maximum absolute atomic E-state index is 5.92. The van der Waals surface area contributed by atoms with E-state index < -0.39 is 0 Å². The summed E-state index contributed by atoms with van der Waals surface area (Å²) in [5, 5.41) is 3.89. The summed E-state index contributed by atoms with van der Waals surface area (Å²) in [4.78, 5) is 8.13. The molecule has 15 heavy (non-hydrogen) atoms. The summed E-state index contributed by atoms with van der Waals surface area (Å²) in [5.74, 6) is 0.864. The van der Waals surface area contributed by atoms with Gasteiger partial charge in [0.2, 0.25) is 0 Å². The van der Waals surface area contributed by atoms with Crippen molar-refractivity contribution in [1.82, 2.24) is 9.97 Å². The van der Waals surface area contributed by atoms with E-state index in [1.165, 1.54) is 25.6 Å². The zero-order valence-corrected chi connectivity index (χ0v) is 9.93. The lowest BCUT2D eigenvalue weighted by Gasteiger charge is -2.38. The summed E-state index contributed by atoms with van der Waals surface area (Å²) in [6.07, 6.45) is 5.46. The van der Waals surface area contributed by atoms with Crippen molar-refractivity contribution in [2.24, 2.45) is 5.41 Å². The molecule has 4 heteroatoms. The number of aromatic nitrogens is 2. The van der Waals surface area contributed by atoms with Gasteiger partial charge in [0, 0.05) is 12.1 Å². The molecule has 0 bridgehead atoms. The SMILES string of the molecule is Cc1c(Cl)ncnc1NCC1(C)CCC1. The molecule has 1 saturated carbocycles. The van der Waals surface area contributed by atoms with Gasteiger partial charge in [-0.1, -0.05) is 24.9 Å². The number of nitrogens with one attached hydrogen (secondary N) is 1. The molecule has 2 rings (SSSR count). The van der Waals surface area contributed by atoms with E-state index in [0.29, 0.717) is 10.6 Å². The third kappa shape index (κ3) is 2.23. The maximum Gasteiger partial charge on any atom is 0.137 e. The Morgan fingerprint density at radius 2 is 2.20 bits per heavy atom. The zero-order chi connectivity index (χ0) is 10.9. The number of hydrogen-bond donors (Lipinski definition) is 1. The highest BCUT2D eigenvalue weighted by molar-refractivity contribution is 6.30. The molecule has 0 aliphatic heterocycles. The predicted molar refractivity (Wildman–Crippen MR) is 62.2 cm³/mol. The molecule has 0 radical (unpaired) electrons. The molecule has 0 atom stereocenters. The first-order valence-electron chi connectivity index (χ1n) is 5.32. The second-order valence-corrected chi connectivity index (χ2v) is 5.01. The first kappa shape index (κ1) is 10.7. The van der Waals surface area contributed by atoms with Crippen LogP contribution in [0, 0.1) is 12.3 Å². The second kappa shape index (κ2) is 3.97. The largest absolute Gasteiger partial charge is 0.369 e. The average Bonchev–Trinajstić information content (AvgIpc) is 2.17. The molecule has 0 amide bonds. The van der Waals surface area contributed by atoms with E-state index in [0.717, 1.165) is 17.9 Å². The topological polar surface area (TPSA) is 37.8 Å². The van der Waals surface area contributed by atoms with Crippen LogP contribution >= 0.6 is 11.6 Å². The molecule has 1 aromatic rings. The van der Waals surface area contributed by atoms with Crippen molar-refractivity contribution in [2.45, 2.75) is 33.1 Å². The lowest BCUT2D eigenvalue weighted by atomic mass is 9.70. The van der Waals surface area contributed by atoms with Crippen LogP contribution in [-0.4, -0.2) is 16.5 Å². The molecule has 0 aromatic carbocycles. The van der Waals surface area contributed by atoms with Crippen molar-refractivity contribution >= 4 is 17.4 Å². The van der Waals surface area contributed by atoms with Gasteiger partial charge in [-0.05, 0) is 25.2 Å². The average molecular weight is 226 g/mol. The van der Waals surface area contributed by atoms with Gasteiger partial charge in [0.05, 0.1) is 0 Å². The fourth-order valence-electron chi connectivity index (χ4n) is 1.86. The van der Waals surface area contributed by atoms with Gasteiger partial charge in [-0.2, -0.15) is 0 Å². The zero-order valence-electron chi connectivity index (χ0n) is 9.18. The molecule has 1 fully saturated rings. The summed E-state index contributed by atoms with van der Waals surface area (Å²) in [7, 11) is 0. The van der Waals surface area contributed by atoms with Gasteiger partial charge in [-0.15, -0.1) is 0 Å². The van der Waals surface area contributed by atoms with Gasteiger partial charge in [0.15, 0.2) is 0 Å². The minimum absolute atomic E-state index is 0.448. The van der Waals surface area contributed by atoms with E-state index in [-0.39, 0.29) is 0 Å². The molecular formula is C11H16ClN3. The molecule has 0 saturated heterocycles. The van der Waals surface area contributed by atoms with E-state index >= 15 is 0 Å². The molecule has 3 nitrogen and oxygen atoms in total. The third-order valence-electron chi connectivity index (χ3n) is 3.27. The normalized spacial score (nSPS) is 18.3. The fourth-order valence-corrected chi connectivity index (χ4v) is 1.99. The fraction of sp³-hybridized carbons (Fsp3) is 0.636. The van der Waals surface area contributed by atoms with Crippen LogP contribution in [0.1, 0.15) is 31.7 Å². The van der Waals surface area contributed by atoms with Crippen molar-refractivity contribution in [3.63, 3.8) is 0 Å². The molecule has 0 spiro atoms. The van der Waals surface area contributed by atoms with Gasteiger partial charge >= 0.3 is 0 Å². The maximum atomic E-state index is 5.92. The third-order valence-corrected chi connectivity index (χ3v) is 3.65. The Kier molecular flexibility index (Phi) is 2.83. The Morgan fingerprint density at radius 1 is 1.47 bits per heavy atom. The number of rotatable bonds is 3. The van der Waals surface area contributed by atoms with Crippen molar-refractivity contribution < 1.29 is 0 Å². The van der Waals surface area contributed by atoms with E-state index in [4.69, 9.17) is 11.6 Å². The van der Waals surface area contributed by atoms with Crippen LogP contribution in [0.15, 0.2) is 6.33 Å². The van der Waals surface area contributed by atoms with Crippen LogP contribution in [0.5, 0.6) is 0 Å². The number of halogens is 1. The molecule has 1 aromatic heterocycles. The molecule has 82 valence electrons. The number of nitrogens with zero attached hydrogens (tertiary/aromatic N) is 2. The van der Waals surface area contributed by atoms with E-state index in [9.17, 15) is 0 Å². The molecular weight excluding hydrogens is 210 g/mol. The Morgan fingerprint density at radius 3 is 2.80 bits per heavy atom. The predicted octanol–water partition coefficient (Wildman–Crippen LogP) is 3.04. The van der Waals surface area contributed by atoms with Crippen molar-refractivity contribution in [2.75, 3.05) is 11.9 Å². The van der Waals surface area contributed by atoms with Gasteiger partial charge in [-0.25, -0.2) is 9.97 Å². The Hall–Kier alpha value is -0.830. The van der Waals surface area contributed by atoms with Gasteiger partial charge < -0.3 is 5.32 Å². The highest BCUT2D eigenvalue weighted by Crippen LogP contribution is 2.40. The highest BCUT2D eigenvalue weighted by Gasteiger charge is 2.31. The van der Waals surface area contributed by atoms with E-state index in [2.05, 4.69) is 22.2 Å². The Bertz CT molecular complexity index is 361. The van der Waals surface area contributed by atoms with Crippen LogP contribution in [-0.2, 0) is 0 Å². The van der Waals surface area contributed by atoms with Crippen LogP contribution < -0.4 is 5.32 Å². The molecule has 1 aliphatic carbocycles. The first-order chi connectivity index (χ1) is 7.11. The summed E-state index contributed by atoms with van der Waals surface area (Å²) >= 11 is 5.92. The molecule has 1 heterocycles. The minimum atomic E-state index is 0.448. The van der Waals surface area contributed by atoms with E-state index in [1.807, 2.05) is 6.92 Å². The standard InChI is InChI=1S/C11H16ClN3/c1-8-9(12)14-7-15-10(8)13-6-11(2)4-3-5-11/h7H,3-6H2,1-2H3,(H,13,14,15). The summed E-state index contributed by atoms with van der Waals surface area (Å²) in [6.45, 7) is 5.22. The monoisotopic (exact) mass is 225 g/mol. The van der Waals surface area contributed by atoms with Crippen LogP contribution in [0.4, 0.5) is 5.82 Å². The second-order valence-electron chi connectivity index (χ2n) is 4.66. The van der Waals surface area contributed by atoms with E-state index in [1.54, 1.807) is 0 Å². The minimum Gasteiger partial charge on any atom is -0.369 e. The van der Waals surface area contributed by atoms with Crippen molar-refractivity contribution in [1.29, 1.82) is 0 Å². The van der Waals surface area contributed by atoms with Crippen LogP contribution in [0.25, 0.3) is 0 Å². The van der Waals surface area contributed by atoms with Gasteiger partial charge in [0.25, 0.3) is 0 Å². The number of anilines is 1. The van der Waals surface area contributed by atoms with Gasteiger partial charge in [-0.3, -0.25) is 0 Å². The van der Waals surface area contributed by atoms with Crippen molar-refractivity contribution in [3.05, 3.63) is 17.0 Å².